The van der Waals surface area contributed by atoms with Crippen LogP contribution in [0.4, 0.5) is 0 Å². The van der Waals surface area contributed by atoms with Crippen LogP contribution in [-0.2, 0) is 9.84 Å². The van der Waals surface area contributed by atoms with Gasteiger partial charge in [-0.2, -0.15) is 0 Å². The molecule has 23 heavy (non-hydrogen) atoms. The van der Waals surface area contributed by atoms with Gasteiger partial charge < -0.3 is 5.53 Å². The zero-order valence-electron chi connectivity index (χ0n) is 13.1. The maximum Gasteiger partial charge on any atom is 0.456 e. The highest BCUT2D eigenvalue weighted by Crippen LogP contribution is 2.22. The fourth-order valence-electron chi connectivity index (χ4n) is 2.26. The van der Waals surface area contributed by atoms with E-state index < -0.39 is 20.7 Å². The molecule has 5 nitrogen and oxygen atoms in total. The van der Waals surface area contributed by atoms with Gasteiger partial charge in [0.1, 0.15) is 0 Å². The number of hydrogen-bond acceptors (Lipinski definition) is 3. The molecule has 0 bridgehead atoms. The average Bonchev–Trinajstić information content (AvgIpc) is 2.52. The van der Waals surface area contributed by atoms with Crippen molar-refractivity contribution in [3.05, 3.63) is 70.2 Å². The quantitative estimate of drug-likeness (QED) is 0.285. The molecule has 0 aliphatic carbocycles. The zero-order valence-corrected chi connectivity index (χ0v) is 13.9. The maximum atomic E-state index is 12.8. The molecule has 0 atom stereocenters. The first-order chi connectivity index (χ1) is 10.8. The summed E-state index contributed by atoms with van der Waals surface area (Å²) in [6.07, 6.45) is 0. The summed E-state index contributed by atoms with van der Waals surface area (Å²) in [5, 5.41) is -0.880. The molecule has 0 aromatic heterocycles. The SMILES string of the molecule is Cc1cc(C)c(S(=O)(=O)C(=[N+]=[N-])C(=O)c2ccccc2)cc1C. The third-order valence-electron chi connectivity index (χ3n) is 3.66. The van der Waals surface area contributed by atoms with Crippen LogP contribution >= 0.6 is 0 Å². The van der Waals surface area contributed by atoms with E-state index in [1.165, 1.54) is 18.2 Å². The van der Waals surface area contributed by atoms with Crippen molar-refractivity contribution < 1.29 is 18.0 Å². The predicted molar refractivity (Wildman–Crippen MR) is 87.2 cm³/mol. The number of ketones is 1. The van der Waals surface area contributed by atoms with Crippen LogP contribution in [0.1, 0.15) is 27.0 Å². The Kier molecular flexibility index (Phi) is 4.59. The normalized spacial score (nSPS) is 10.9. The number of rotatable bonds is 3. The van der Waals surface area contributed by atoms with E-state index in [0.29, 0.717) is 5.56 Å². The summed E-state index contributed by atoms with van der Waals surface area (Å²) in [6.45, 7) is 5.29. The first-order valence-corrected chi connectivity index (χ1v) is 8.42. The molecular weight excluding hydrogens is 312 g/mol. The lowest BCUT2D eigenvalue weighted by Gasteiger charge is -2.08. The highest BCUT2D eigenvalue weighted by Gasteiger charge is 2.39. The minimum absolute atomic E-state index is 0.0299. The van der Waals surface area contributed by atoms with Crippen molar-refractivity contribution in [1.82, 2.24) is 0 Å². The lowest BCUT2D eigenvalue weighted by atomic mass is 10.1. The fraction of sp³-hybridized carbons (Fsp3) is 0.176. The van der Waals surface area contributed by atoms with Crippen molar-refractivity contribution in [2.24, 2.45) is 0 Å². The van der Waals surface area contributed by atoms with Crippen LogP contribution in [0.2, 0.25) is 0 Å². The highest BCUT2D eigenvalue weighted by atomic mass is 32.2. The van der Waals surface area contributed by atoms with Crippen molar-refractivity contribution in [3.8, 4) is 0 Å². The fourth-order valence-corrected chi connectivity index (χ4v) is 3.75. The Bertz CT molecular complexity index is 926. The zero-order chi connectivity index (χ0) is 17.2. The van der Waals surface area contributed by atoms with Gasteiger partial charge in [0.2, 0.25) is 0 Å². The first kappa shape index (κ1) is 16.8. The largest absolute Gasteiger partial charge is 0.456 e. The summed E-state index contributed by atoms with van der Waals surface area (Å²) in [5.41, 5.74) is 11.5. The Morgan fingerprint density at radius 1 is 0.957 bits per heavy atom. The minimum atomic E-state index is -4.22. The molecule has 0 heterocycles. The van der Waals surface area contributed by atoms with Crippen molar-refractivity contribution in [1.29, 1.82) is 0 Å². The third-order valence-corrected chi connectivity index (χ3v) is 5.45. The number of nitrogens with zero attached hydrogens (tertiary/aromatic N) is 2. The summed E-state index contributed by atoms with van der Waals surface area (Å²) in [5.74, 6) is -0.842. The van der Waals surface area contributed by atoms with E-state index in [1.54, 1.807) is 38.1 Å². The topological polar surface area (TPSA) is 87.6 Å². The van der Waals surface area contributed by atoms with Gasteiger partial charge >= 0.3 is 5.04 Å². The standard InChI is InChI=1S/C17H16N2O3S/c1-11-9-13(3)15(10-12(11)2)23(21,22)17(19-18)16(20)14-7-5-4-6-8-14/h4-10H,1-3H3. The number of aryl methyl sites for hydroxylation is 3. The van der Waals surface area contributed by atoms with Crippen LogP contribution in [-0.4, -0.2) is 24.0 Å². The van der Waals surface area contributed by atoms with E-state index in [9.17, 15) is 13.2 Å². The van der Waals surface area contributed by atoms with Crippen LogP contribution in [0.3, 0.4) is 0 Å². The Hall–Kier alpha value is -2.56. The molecule has 0 N–H and O–H groups in total. The van der Waals surface area contributed by atoms with Crippen molar-refractivity contribution >= 4 is 20.7 Å². The van der Waals surface area contributed by atoms with Crippen LogP contribution in [0, 0.1) is 20.8 Å². The Balaban J connectivity index is 2.60. The van der Waals surface area contributed by atoms with Crippen LogP contribution < -0.4 is 0 Å². The summed E-state index contributed by atoms with van der Waals surface area (Å²) >= 11 is 0. The average molecular weight is 328 g/mol. The summed E-state index contributed by atoms with van der Waals surface area (Å²) in [7, 11) is -4.22. The van der Waals surface area contributed by atoms with E-state index in [1.807, 2.05) is 6.92 Å². The smallest absolute Gasteiger partial charge is 0.360 e. The Labute approximate surface area is 135 Å². The third kappa shape index (κ3) is 3.13. The summed E-state index contributed by atoms with van der Waals surface area (Å²) < 4.78 is 25.5. The van der Waals surface area contributed by atoms with Crippen molar-refractivity contribution in [2.75, 3.05) is 0 Å². The molecule has 0 aliphatic rings. The first-order valence-electron chi connectivity index (χ1n) is 6.93. The second-order valence-electron chi connectivity index (χ2n) is 5.31. The Morgan fingerprint density at radius 2 is 1.52 bits per heavy atom. The summed E-state index contributed by atoms with van der Waals surface area (Å²) in [6, 6.07) is 11.1. The molecule has 0 amide bonds. The van der Waals surface area contributed by atoms with E-state index >= 15 is 0 Å². The van der Waals surface area contributed by atoms with Gasteiger partial charge in [-0.3, -0.25) is 4.79 Å². The van der Waals surface area contributed by atoms with E-state index in [-0.39, 0.29) is 10.5 Å². The van der Waals surface area contributed by atoms with Crippen LogP contribution in [0.5, 0.6) is 0 Å². The number of carbonyl (C=O) groups excluding carboxylic acids is 1. The molecule has 0 spiro atoms. The van der Waals surface area contributed by atoms with Gasteiger partial charge in [-0.1, -0.05) is 36.4 Å². The highest BCUT2D eigenvalue weighted by molar-refractivity contribution is 8.08. The molecule has 0 saturated heterocycles. The van der Waals surface area contributed by atoms with Gasteiger partial charge in [0, 0.05) is 5.56 Å². The molecule has 0 saturated carbocycles. The molecular formula is C17H16N2O3S. The van der Waals surface area contributed by atoms with Gasteiger partial charge in [0.25, 0.3) is 15.6 Å². The lowest BCUT2D eigenvalue weighted by molar-refractivity contribution is -0.00158. The molecule has 6 heteroatoms. The van der Waals surface area contributed by atoms with Crippen molar-refractivity contribution in [3.63, 3.8) is 0 Å². The number of Topliss-reactive ketones (excluding diaryl/α,β-unsaturated/α-hetero) is 1. The van der Waals surface area contributed by atoms with Gasteiger partial charge in [-0.25, -0.2) is 8.42 Å². The van der Waals surface area contributed by atoms with Crippen LogP contribution in [0.25, 0.3) is 5.53 Å². The minimum Gasteiger partial charge on any atom is -0.360 e. The molecule has 0 radical (unpaired) electrons. The Morgan fingerprint density at radius 3 is 2.09 bits per heavy atom. The second-order valence-corrected chi connectivity index (χ2v) is 7.14. The number of hydrogen-bond donors (Lipinski definition) is 0. The monoisotopic (exact) mass is 328 g/mol. The maximum absolute atomic E-state index is 12.8. The second kappa shape index (κ2) is 6.28. The van der Waals surface area contributed by atoms with Gasteiger partial charge in [-0.05, 0) is 43.5 Å². The number of benzene rings is 2. The van der Waals surface area contributed by atoms with E-state index in [0.717, 1.165) is 11.1 Å². The van der Waals surface area contributed by atoms with E-state index in [4.69, 9.17) is 5.53 Å². The molecule has 2 aromatic rings. The number of sulfone groups is 1. The molecule has 0 unspecified atom stereocenters. The van der Waals surface area contributed by atoms with Crippen molar-refractivity contribution in [2.45, 2.75) is 25.7 Å². The molecule has 0 fully saturated rings. The van der Waals surface area contributed by atoms with Gasteiger partial charge in [0.05, 0.1) is 4.90 Å². The van der Waals surface area contributed by atoms with Gasteiger partial charge in [0.15, 0.2) is 0 Å². The summed E-state index contributed by atoms with van der Waals surface area (Å²) in [4.78, 5) is 15.1. The van der Waals surface area contributed by atoms with E-state index in [2.05, 4.69) is 4.79 Å². The number of carbonyl (C=O) groups is 1. The molecule has 118 valence electrons. The van der Waals surface area contributed by atoms with Crippen LogP contribution in [0.15, 0.2) is 47.4 Å². The molecule has 2 rings (SSSR count). The van der Waals surface area contributed by atoms with Gasteiger partial charge in [-0.15, -0.1) is 4.79 Å². The molecule has 0 aliphatic heterocycles. The predicted octanol–water partition coefficient (Wildman–Crippen LogP) is 2.90. The lowest BCUT2D eigenvalue weighted by Crippen LogP contribution is -2.26. The molecule has 2 aromatic carbocycles.